The van der Waals surface area contributed by atoms with Gasteiger partial charge in [-0.2, -0.15) is 0 Å². The van der Waals surface area contributed by atoms with Gasteiger partial charge in [-0.15, -0.1) is 0 Å². The topological polar surface area (TPSA) is 75.4 Å². The molecule has 15 heavy (non-hydrogen) atoms. The van der Waals surface area contributed by atoms with Crippen molar-refractivity contribution < 1.29 is 9.59 Å². The first-order valence-corrected chi connectivity index (χ1v) is 4.98. The number of amides is 2. The second-order valence-electron chi connectivity index (χ2n) is 4.55. The first-order valence-electron chi connectivity index (χ1n) is 4.98. The monoisotopic (exact) mass is 215 g/mol. The zero-order chi connectivity index (χ0) is 12.1. The predicted octanol–water partition coefficient (Wildman–Crippen LogP) is -0.292. The van der Waals surface area contributed by atoms with Gasteiger partial charge in [0, 0.05) is 26.1 Å². The molecule has 0 saturated heterocycles. The number of hydrogen-bond donors (Lipinski definition) is 2. The number of carbonyl (C=O) groups excluding carboxylic acids is 2. The van der Waals surface area contributed by atoms with E-state index in [9.17, 15) is 9.59 Å². The van der Waals surface area contributed by atoms with Crippen molar-refractivity contribution in [1.29, 1.82) is 0 Å². The number of nitrogens with two attached hydrogens (primary N) is 1. The van der Waals surface area contributed by atoms with E-state index < -0.39 is 0 Å². The van der Waals surface area contributed by atoms with Gasteiger partial charge in [0.15, 0.2) is 0 Å². The molecule has 0 saturated carbocycles. The Morgan fingerprint density at radius 3 is 2.27 bits per heavy atom. The van der Waals surface area contributed by atoms with Gasteiger partial charge in [0.1, 0.15) is 0 Å². The number of nitrogens with one attached hydrogen (secondary N) is 1. The maximum absolute atomic E-state index is 11.3. The van der Waals surface area contributed by atoms with Crippen LogP contribution in [0.3, 0.4) is 0 Å². The molecule has 0 aliphatic heterocycles. The lowest BCUT2D eigenvalue weighted by molar-refractivity contribution is -0.130. The van der Waals surface area contributed by atoms with Crippen molar-refractivity contribution in [3.63, 3.8) is 0 Å². The SMILES string of the molecule is CN(C)C(=O)CNC(=O)CCC(C)(C)N. The maximum atomic E-state index is 11.3. The van der Waals surface area contributed by atoms with Crippen LogP contribution in [0.5, 0.6) is 0 Å². The van der Waals surface area contributed by atoms with Gasteiger partial charge in [-0.3, -0.25) is 9.59 Å². The fourth-order valence-corrected chi connectivity index (χ4v) is 0.856. The minimum Gasteiger partial charge on any atom is -0.347 e. The van der Waals surface area contributed by atoms with Crippen LogP contribution in [0.25, 0.3) is 0 Å². The van der Waals surface area contributed by atoms with Crippen molar-refractivity contribution in [2.24, 2.45) is 5.73 Å². The number of carbonyl (C=O) groups is 2. The Hall–Kier alpha value is -1.10. The van der Waals surface area contributed by atoms with Crippen LogP contribution >= 0.6 is 0 Å². The van der Waals surface area contributed by atoms with Gasteiger partial charge in [0.25, 0.3) is 0 Å². The third kappa shape index (κ3) is 7.93. The van der Waals surface area contributed by atoms with Crippen LogP contribution in [0, 0.1) is 0 Å². The fraction of sp³-hybridized carbons (Fsp3) is 0.800. The summed E-state index contributed by atoms with van der Waals surface area (Å²) in [5, 5.41) is 2.55. The van der Waals surface area contributed by atoms with Gasteiger partial charge >= 0.3 is 0 Å². The Balaban J connectivity index is 3.72. The second kappa shape index (κ2) is 5.70. The van der Waals surface area contributed by atoms with E-state index in [0.717, 1.165) is 0 Å². The molecule has 0 unspecified atom stereocenters. The lowest BCUT2D eigenvalue weighted by Gasteiger charge is -2.17. The maximum Gasteiger partial charge on any atom is 0.241 e. The number of hydrogen-bond acceptors (Lipinski definition) is 3. The molecule has 5 nitrogen and oxygen atoms in total. The first kappa shape index (κ1) is 13.9. The van der Waals surface area contributed by atoms with Gasteiger partial charge in [-0.25, -0.2) is 0 Å². The summed E-state index contributed by atoms with van der Waals surface area (Å²) in [6.45, 7) is 3.79. The van der Waals surface area contributed by atoms with Crippen LogP contribution in [0.15, 0.2) is 0 Å². The van der Waals surface area contributed by atoms with Gasteiger partial charge in [-0.05, 0) is 20.3 Å². The summed E-state index contributed by atoms with van der Waals surface area (Å²) < 4.78 is 0. The molecule has 0 aliphatic rings. The Kier molecular flexibility index (Phi) is 5.28. The minimum atomic E-state index is -0.344. The quantitative estimate of drug-likeness (QED) is 0.661. The van der Waals surface area contributed by atoms with Crippen LogP contribution in [0.2, 0.25) is 0 Å². The largest absolute Gasteiger partial charge is 0.347 e. The molecule has 0 radical (unpaired) electrons. The van der Waals surface area contributed by atoms with E-state index in [-0.39, 0.29) is 23.9 Å². The highest BCUT2D eigenvalue weighted by Gasteiger charge is 2.13. The summed E-state index contributed by atoms with van der Waals surface area (Å²) in [7, 11) is 3.30. The standard InChI is InChI=1S/C10H21N3O2/c1-10(2,11)6-5-8(14)12-7-9(15)13(3)4/h5-7,11H2,1-4H3,(H,12,14). The number of nitrogens with zero attached hydrogens (tertiary/aromatic N) is 1. The Morgan fingerprint density at radius 1 is 1.33 bits per heavy atom. The van der Waals surface area contributed by atoms with E-state index in [2.05, 4.69) is 5.32 Å². The summed E-state index contributed by atoms with van der Waals surface area (Å²) in [5.74, 6) is -0.251. The third-order valence-corrected chi connectivity index (χ3v) is 1.93. The van der Waals surface area contributed by atoms with Crippen LogP contribution in [0.4, 0.5) is 0 Å². The molecule has 2 amide bonds. The molecule has 0 aliphatic carbocycles. The van der Waals surface area contributed by atoms with Crippen molar-refractivity contribution in [3.8, 4) is 0 Å². The van der Waals surface area contributed by atoms with Crippen LogP contribution in [-0.2, 0) is 9.59 Å². The summed E-state index contributed by atoms with van der Waals surface area (Å²) in [4.78, 5) is 23.9. The molecule has 0 aromatic heterocycles. The Bertz CT molecular complexity index is 231. The van der Waals surface area contributed by atoms with Gasteiger partial charge in [-0.1, -0.05) is 0 Å². The Morgan fingerprint density at radius 2 is 1.87 bits per heavy atom. The van der Waals surface area contributed by atoms with E-state index in [1.54, 1.807) is 14.1 Å². The normalized spacial score (nSPS) is 11.0. The van der Waals surface area contributed by atoms with Gasteiger partial charge < -0.3 is 16.0 Å². The number of likely N-dealkylation sites (N-methyl/N-ethyl adjacent to an activating group) is 1. The zero-order valence-electron chi connectivity index (χ0n) is 9.96. The fourth-order valence-electron chi connectivity index (χ4n) is 0.856. The van der Waals surface area contributed by atoms with Crippen molar-refractivity contribution in [3.05, 3.63) is 0 Å². The van der Waals surface area contributed by atoms with Gasteiger partial charge in [0.2, 0.25) is 11.8 Å². The van der Waals surface area contributed by atoms with Crippen LogP contribution in [0.1, 0.15) is 26.7 Å². The molecular formula is C10H21N3O2. The van der Waals surface area contributed by atoms with E-state index >= 15 is 0 Å². The van der Waals surface area contributed by atoms with E-state index in [4.69, 9.17) is 5.73 Å². The second-order valence-corrected chi connectivity index (χ2v) is 4.55. The highest BCUT2D eigenvalue weighted by atomic mass is 16.2. The lowest BCUT2D eigenvalue weighted by atomic mass is 10.00. The van der Waals surface area contributed by atoms with Crippen LogP contribution < -0.4 is 11.1 Å². The summed E-state index contributed by atoms with van der Waals surface area (Å²) in [6.07, 6.45) is 0.958. The lowest BCUT2D eigenvalue weighted by Crippen LogP contribution is -2.38. The molecule has 0 atom stereocenters. The van der Waals surface area contributed by atoms with Crippen molar-refractivity contribution in [2.75, 3.05) is 20.6 Å². The predicted molar refractivity (Wildman–Crippen MR) is 59.2 cm³/mol. The average molecular weight is 215 g/mol. The molecule has 0 heterocycles. The van der Waals surface area contributed by atoms with Gasteiger partial charge in [0.05, 0.1) is 6.54 Å². The zero-order valence-corrected chi connectivity index (χ0v) is 9.96. The summed E-state index contributed by atoms with van der Waals surface area (Å²) in [6, 6.07) is 0. The van der Waals surface area contributed by atoms with Crippen LogP contribution in [-0.4, -0.2) is 42.9 Å². The molecule has 88 valence electrons. The molecule has 0 aromatic carbocycles. The highest BCUT2D eigenvalue weighted by molar-refractivity contribution is 5.84. The number of rotatable bonds is 5. The molecule has 0 rings (SSSR count). The van der Waals surface area contributed by atoms with E-state index in [0.29, 0.717) is 12.8 Å². The average Bonchev–Trinajstić information content (AvgIpc) is 2.09. The van der Waals surface area contributed by atoms with Crippen molar-refractivity contribution in [2.45, 2.75) is 32.2 Å². The summed E-state index contributed by atoms with van der Waals surface area (Å²) >= 11 is 0. The minimum absolute atomic E-state index is 0.0524. The molecule has 0 bridgehead atoms. The molecule has 3 N–H and O–H groups in total. The smallest absolute Gasteiger partial charge is 0.241 e. The molecule has 0 spiro atoms. The van der Waals surface area contributed by atoms with E-state index in [1.807, 2.05) is 13.8 Å². The Labute approximate surface area is 91.0 Å². The molecular weight excluding hydrogens is 194 g/mol. The third-order valence-electron chi connectivity index (χ3n) is 1.93. The van der Waals surface area contributed by atoms with Crippen molar-refractivity contribution in [1.82, 2.24) is 10.2 Å². The molecule has 0 aromatic rings. The first-order chi connectivity index (χ1) is 6.72. The van der Waals surface area contributed by atoms with Crippen molar-refractivity contribution >= 4 is 11.8 Å². The molecule has 0 fully saturated rings. The highest BCUT2D eigenvalue weighted by Crippen LogP contribution is 2.06. The summed E-state index contributed by atoms with van der Waals surface area (Å²) in [5.41, 5.74) is 5.39. The molecule has 5 heteroatoms. The van der Waals surface area contributed by atoms with E-state index in [1.165, 1.54) is 4.90 Å².